The van der Waals surface area contributed by atoms with Crippen LogP contribution in [-0.2, 0) is 9.53 Å². The normalized spacial score (nSPS) is 14.6. The lowest BCUT2D eigenvalue weighted by Gasteiger charge is -2.15. The summed E-state index contributed by atoms with van der Waals surface area (Å²) < 4.78 is 12.5. The fourth-order valence-electron chi connectivity index (χ4n) is 3.43. The average Bonchev–Trinajstić information content (AvgIpc) is 3.35. The molecule has 0 saturated heterocycles. The number of nitrogens with zero attached hydrogens (tertiary/aromatic N) is 2. The second kappa shape index (κ2) is 9.28. The molecule has 1 atom stereocenters. The van der Waals surface area contributed by atoms with Gasteiger partial charge in [0, 0.05) is 18.9 Å². The summed E-state index contributed by atoms with van der Waals surface area (Å²) >= 11 is 0. The number of carbonyl (C=O) groups is 2. The molecule has 0 saturated carbocycles. The van der Waals surface area contributed by atoms with Gasteiger partial charge in [-0.2, -0.15) is 5.26 Å². The van der Waals surface area contributed by atoms with Crippen molar-refractivity contribution in [1.82, 2.24) is 9.88 Å². The average molecular weight is 395 g/mol. The molecule has 2 aromatic heterocycles. The Bertz CT molecular complexity index is 948. The molecule has 1 aliphatic rings. The van der Waals surface area contributed by atoms with Crippen LogP contribution in [0.1, 0.15) is 60.7 Å². The zero-order valence-electron chi connectivity index (χ0n) is 16.7. The van der Waals surface area contributed by atoms with Crippen LogP contribution in [0.4, 0.5) is 0 Å². The zero-order valence-corrected chi connectivity index (χ0v) is 16.7. The molecule has 0 spiro atoms. The van der Waals surface area contributed by atoms with Crippen molar-refractivity contribution in [2.45, 2.75) is 52.1 Å². The highest BCUT2D eigenvalue weighted by atomic mass is 16.5. The van der Waals surface area contributed by atoms with E-state index in [-0.39, 0.29) is 28.7 Å². The van der Waals surface area contributed by atoms with E-state index in [0.717, 1.165) is 19.3 Å². The van der Waals surface area contributed by atoms with Gasteiger partial charge in [0.2, 0.25) is 5.88 Å². The van der Waals surface area contributed by atoms with E-state index in [1.807, 2.05) is 6.07 Å². The minimum Gasteiger partial charge on any atom is -0.449 e. The molecule has 0 bridgehead atoms. The molecule has 2 aromatic rings. The van der Waals surface area contributed by atoms with Crippen LogP contribution in [0.25, 0.3) is 5.88 Å². The van der Waals surface area contributed by atoms with E-state index in [4.69, 9.17) is 9.15 Å². The van der Waals surface area contributed by atoms with Crippen LogP contribution in [0.15, 0.2) is 40.6 Å². The monoisotopic (exact) mass is 395 g/mol. The van der Waals surface area contributed by atoms with Crippen molar-refractivity contribution in [3.63, 3.8) is 0 Å². The van der Waals surface area contributed by atoms with Gasteiger partial charge in [0.25, 0.3) is 5.91 Å². The Kier molecular flexibility index (Phi) is 6.55. The highest BCUT2D eigenvalue weighted by Gasteiger charge is 2.28. The number of aryl methyl sites for hydroxylation is 1. The van der Waals surface area contributed by atoms with Crippen LogP contribution >= 0.6 is 0 Å². The number of furan rings is 1. The van der Waals surface area contributed by atoms with Gasteiger partial charge in [-0.15, -0.1) is 0 Å². The van der Waals surface area contributed by atoms with Crippen LogP contribution in [0.5, 0.6) is 0 Å². The quantitative estimate of drug-likeness (QED) is 0.568. The summed E-state index contributed by atoms with van der Waals surface area (Å²) in [7, 11) is 0. The topological polar surface area (TPSA) is 97.3 Å². The van der Waals surface area contributed by atoms with Gasteiger partial charge in [0.05, 0.1) is 0 Å². The van der Waals surface area contributed by atoms with E-state index < -0.39 is 12.1 Å². The second-order valence-corrected chi connectivity index (χ2v) is 7.11. The summed E-state index contributed by atoms with van der Waals surface area (Å²) in [5.41, 5.74) is 1.50. The van der Waals surface area contributed by atoms with Crippen molar-refractivity contribution < 1.29 is 18.7 Å². The predicted molar refractivity (Wildman–Crippen MR) is 107 cm³/mol. The van der Waals surface area contributed by atoms with Crippen molar-refractivity contribution in [1.29, 1.82) is 5.26 Å². The van der Waals surface area contributed by atoms with Crippen LogP contribution in [0, 0.1) is 18.3 Å². The van der Waals surface area contributed by atoms with Gasteiger partial charge < -0.3 is 14.5 Å². The predicted octanol–water partition coefficient (Wildman–Crippen LogP) is 3.80. The number of nitrogens with one attached hydrogen (secondary N) is 1. The molecule has 152 valence electrons. The van der Waals surface area contributed by atoms with Crippen molar-refractivity contribution in [2.75, 3.05) is 6.54 Å². The first kappa shape index (κ1) is 20.5. The molecular formula is C22H25N3O4. The summed E-state index contributed by atoms with van der Waals surface area (Å²) in [5.74, 6) is -0.592. The third-order valence-corrected chi connectivity index (χ3v) is 5.00. The fraction of sp³-hybridized carbons (Fsp3) is 0.409. The smallest absolute Gasteiger partial charge is 0.343 e. The van der Waals surface area contributed by atoms with E-state index in [0.29, 0.717) is 6.54 Å². The maximum absolute atomic E-state index is 12.6. The Balaban J connectivity index is 1.61. The molecular weight excluding hydrogens is 370 g/mol. The summed E-state index contributed by atoms with van der Waals surface area (Å²) in [6, 6.07) is 5.57. The Morgan fingerprint density at radius 3 is 2.76 bits per heavy atom. The molecule has 2 heterocycles. The van der Waals surface area contributed by atoms with Crippen LogP contribution < -0.4 is 5.32 Å². The lowest BCUT2D eigenvalue weighted by atomic mass is 9.97. The summed E-state index contributed by atoms with van der Waals surface area (Å²) in [4.78, 5) is 24.9. The Morgan fingerprint density at radius 2 is 2.10 bits per heavy atom. The number of rotatable bonds is 7. The molecule has 1 N–H and O–H groups in total. The van der Waals surface area contributed by atoms with E-state index in [1.165, 1.54) is 25.3 Å². The van der Waals surface area contributed by atoms with E-state index in [9.17, 15) is 14.9 Å². The second-order valence-electron chi connectivity index (χ2n) is 7.11. The first-order valence-corrected chi connectivity index (χ1v) is 9.84. The number of nitriles is 1. The molecule has 1 aliphatic carbocycles. The summed E-state index contributed by atoms with van der Waals surface area (Å²) in [6.45, 7) is 3.62. The molecule has 0 unspecified atom stereocenters. The highest BCUT2D eigenvalue weighted by Crippen LogP contribution is 2.26. The Morgan fingerprint density at radius 1 is 1.34 bits per heavy atom. The minimum atomic E-state index is -0.973. The van der Waals surface area contributed by atoms with Crippen molar-refractivity contribution in [3.8, 4) is 12.0 Å². The first-order valence-electron chi connectivity index (χ1n) is 9.84. The zero-order chi connectivity index (χ0) is 20.8. The van der Waals surface area contributed by atoms with Gasteiger partial charge in [-0.3, -0.25) is 9.36 Å². The largest absolute Gasteiger partial charge is 0.449 e. The van der Waals surface area contributed by atoms with Crippen molar-refractivity contribution >= 4 is 11.9 Å². The number of hydrogen-bond donors (Lipinski definition) is 1. The SMILES string of the molecule is Cc1oc(-n2cccc2)c(C#N)c1C(=O)O[C@@H](C)C(=O)NCCC1=CCCCC1. The van der Waals surface area contributed by atoms with E-state index >= 15 is 0 Å². The molecule has 0 aliphatic heterocycles. The first-order chi connectivity index (χ1) is 14.0. The molecule has 29 heavy (non-hydrogen) atoms. The molecule has 7 nitrogen and oxygen atoms in total. The number of amides is 1. The van der Waals surface area contributed by atoms with Gasteiger partial charge >= 0.3 is 5.97 Å². The Hall–Kier alpha value is -3.27. The molecule has 0 aromatic carbocycles. The number of aromatic nitrogens is 1. The van der Waals surface area contributed by atoms with E-state index in [2.05, 4.69) is 11.4 Å². The molecule has 0 fully saturated rings. The number of esters is 1. The minimum absolute atomic E-state index is 0.0446. The van der Waals surface area contributed by atoms with Crippen LogP contribution in [-0.4, -0.2) is 29.1 Å². The third-order valence-electron chi connectivity index (χ3n) is 5.00. The van der Waals surface area contributed by atoms with Gasteiger partial charge in [-0.1, -0.05) is 11.6 Å². The van der Waals surface area contributed by atoms with Gasteiger partial charge in [0.15, 0.2) is 6.10 Å². The number of hydrogen-bond acceptors (Lipinski definition) is 5. The van der Waals surface area contributed by atoms with Gasteiger partial charge in [0.1, 0.15) is 23.0 Å². The lowest BCUT2D eigenvalue weighted by molar-refractivity contribution is -0.129. The molecule has 7 heteroatoms. The van der Waals surface area contributed by atoms with Gasteiger partial charge in [-0.05, 0) is 58.1 Å². The van der Waals surface area contributed by atoms with Crippen molar-refractivity contribution in [3.05, 3.63) is 53.1 Å². The number of carbonyl (C=O) groups excluding carboxylic acids is 2. The van der Waals surface area contributed by atoms with Gasteiger partial charge in [-0.25, -0.2) is 4.79 Å². The summed E-state index contributed by atoms with van der Waals surface area (Å²) in [5, 5.41) is 12.3. The van der Waals surface area contributed by atoms with Crippen LogP contribution in [0.2, 0.25) is 0 Å². The standard InChI is InChI=1S/C22H25N3O4/c1-15-19(18(14-23)21(28-15)25-12-6-7-13-25)22(27)29-16(2)20(26)24-11-10-17-8-4-3-5-9-17/h6-8,12-13,16H,3-5,9-11H2,1-2H3,(H,24,26)/t16-/m0/s1. The van der Waals surface area contributed by atoms with Crippen molar-refractivity contribution in [2.24, 2.45) is 0 Å². The number of ether oxygens (including phenoxy) is 1. The summed E-state index contributed by atoms with van der Waals surface area (Å²) in [6.07, 6.45) is 10.1. The van der Waals surface area contributed by atoms with E-state index in [1.54, 1.807) is 36.0 Å². The highest BCUT2D eigenvalue weighted by molar-refractivity contribution is 5.96. The molecule has 1 amide bonds. The maximum atomic E-state index is 12.6. The third kappa shape index (κ3) is 4.77. The number of allylic oxidation sites excluding steroid dienone is 1. The fourth-order valence-corrected chi connectivity index (χ4v) is 3.43. The Labute approximate surface area is 169 Å². The maximum Gasteiger partial charge on any atom is 0.343 e. The molecule has 0 radical (unpaired) electrons. The lowest BCUT2D eigenvalue weighted by Crippen LogP contribution is -2.36. The van der Waals surface area contributed by atoms with Crippen LogP contribution in [0.3, 0.4) is 0 Å². The molecule has 3 rings (SSSR count).